The average Bonchev–Trinajstić information content (AvgIpc) is 2.48. The SMILES string of the molecule is Cc1cc(C)cc(C[C@@H]2NCC(=O)N2C)c1. The summed E-state index contributed by atoms with van der Waals surface area (Å²) in [6.45, 7) is 4.67. The van der Waals surface area contributed by atoms with Crippen molar-refractivity contribution in [3.05, 3.63) is 34.9 Å². The van der Waals surface area contributed by atoms with Crippen LogP contribution in [-0.2, 0) is 11.2 Å². The lowest BCUT2D eigenvalue weighted by Crippen LogP contribution is -2.36. The lowest BCUT2D eigenvalue weighted by molar-refractivity contribution is -0.126. The van der Waals surface area contributed by atoms with Crippen LogP contribution in [0.25, 0.3) is 0 Å². The third-order valence-corrected chi connectivity index (χ3v) is 3.06. The van der Waals surface area contributed by atoms with Gasteiger partial charge < -0.3 is 4.90 Å². The maximum Gasteiger partial charge on any atom is 0.237 e. The zero-order valence-electron chi connectivity index (χ0n) is 10.1. The van der Waals surface area contributed by atoms with Gasteiger partial charge in [0.15, 0.2) is 0 Å². The fraction of sp³-hybridized carbons (Fsp3) is 0.462. The Morgan fingerprint density at radius 2 is 1.94 bits per heavy atom. The number of nitrogens with zero attached hydrogens (tertiary/aromatic N) is 1. The monoisotopic (exact) mass is 218 g/mol. The van der Waals surface area contributed by atoms with Crippen molar-refractivity contribution in [2.75, 3.05) is 13.6 Å². The summed E-state index contributed by atoms with van der Waals surface area (Å²) in [5.41, 5.74) is 3.85. The second-order valence-corrected chi connectivity index (χ2v) is 4.60. The number of likely N-dealkylation sites (N-methyl/N-ethyl adjacent to an activating group) is 1. The van der Waals surface area contributed by atoms with Crippen molar-refractivity contribution in [1.29, 1.82) is 0 Å². The largest absolute Gasteiger partial charge is 0.329 e. The van der Waals surface area contributed by atoms with Crippen LogP contribution in [0.2, 0.25) is 0 Å². The van der Waals surface area contributed by atoms with Crippen LogP contribution in [-0.4, -0.2) is 30.6 Å². The third-order valence-electron chi connectivity index (χ3n) is 3.06. The summed E-state index contributed by atoms with van der Waals surface area (Å²) >= 11 is 0. The zero-order valence-corrected chi connectivity index (χ0v) is 10.1. The van der Waals surface area contributed by atoms with E-state index in [9.17, 15) is 4.79 Å². The van der Waals surface area contributed by atoms with E-state index >= 15 is 0 Å². The number of hydrogen-bond donors (Lipinski definition) is 1. The van der Waals surface area contributed by atoms with Crippen LogP contribution in [0, 0.1) is 13.8 Å². The molecule has 1 aliphatic rings. The van der Waals surface area contributed by atoms with Crippen molar-refractivity contribution in [3.63, 3.8) is 0 Å². The van der Waals surface area contributed by atoms with E-state index in [1.165, 1.54) is 16.7 Å². The number of carbonyl (C=O) groups excluding carboxylic acids is 1. The van der Waals surface area contributed by atoms with Gasteiger partial charge in [0.25, 0.3) is 0 Å². The minimum absolute atomic E-state index is 0.147. The molecule has 0 radical (unpaired) electrons. The average molecular weight is 218 g/mol. The van der Waals surface area contributed by atoms with E-state index in [0.29, 0.717) is 6.54 Å². The van der Waals surface area contributed by atoms with Gasteiger partial charge in [-0.3, -0.25) is 10.1 Å². The molecule has 3 nitrogen and oxygen atoms in total. The summed E-state index contributed by atoms with van der Waals surface area (Å²) in [5.74, 6) is 0.175. The molecule has 1 aromatic carbocycles. The van der Waals surface area contributed by atoms with Gasteiger partial charge >= 0.3 is 0 Å². The summed E-state index contributed by atoms with van der Waals surface area (Å²) in [4.78, 5) is 13.2. The number of amides is 1. The number of nitrogens with one attached hydrogen (secondary N) is 1. The molecule has 1 saturated heterocycles. The molecule has 1 N–H and O–H groups in total. The van der Waals surface area contributed by atoms with Gasteiger partial charge in [-0.15, -0.1) is 0 Å². The summed E-state index contributed by atoms with van der Waals surface area (Å²) in [6, 6.07) is 6.54. The van der Waals surface area contributed by atoms with E-state index in [-0.39, 0.29) is 12.1 Å². The van der Waals surface area contributed by atoms with E-state index in [1.54, 1.807) is 4.90 Å². The molecule has 3 heteroatoms. The van der Waals surface area contributed by atoms with Crippen molar-refractivity contribution in [2.45, 2.75) is 26.4 Å². The Morgan fingerprint density at radius 3 is 2.44 bits per heavy atom. The molecule has 1 atom stereocenters. The van der Waals surface area contributed by atoms with Crippen molar-refractivity contribution < 1.29 is 4.79 Å². The quantitative estimate of drug-likeness (QED) is 0.810. The first-order chi connectivity index (χ1) is 7.56. The third kappa shape index (κ3) is 2.25. The molecule has 0 saturated carbocycles. The Morgan fingerprint density at radius 1 is 1.31 bits per heavy atom. The van der Waals surface area contributed by atoms with Gasteiger partial charge in [-0.05, 0) is 19.4 Å². The highest BCUT2D eigenvalue weighted by Crippen LogP contribution is 2.13. The second kappa shape index (κ2) is 4.26. The summed E-state index contributed by atoms with van der Waals surface area (Å²) in [6.07, 6.45) is 1.03. The number of hydrogen-bond acceptors (Lipinski definition) is 2. The topological polar surface area (TPSA) is 32.3 Å². The van der Waals surface area contributed by atoms with Crippen LogP contribution in [0.1, 0.15) is 16.7 Å². The van der Waals surface area contributed by atoms with Gasteiger partial charge in [-0.25, -0.2) is 0 Å². The highest BCUT2D eigenvalue weighted by atomic mass is 16.2. The molecule has 16 heavy (non-hydrogen) atoms. The Kier molecular flexibility index (Phi) is 2.97. The lowest BCUT2D eigenvalue weighted by atomic mass is 10.0. The van der Waals surface area contributed by atoms with Gasteiger partial charge in [0.05, 0.1) is 12.7 Å². The summed E-state index contributed by atoms with van der Waals surface area (Å²) < 4.78 is 0. The molecule has 0 bridgehead atoms. The van der Waals surface area contributed by atoms with Crippen LogP contribution in [0.4, 0.5) is 0 Å². The number of benzene rings is 1. The predicted octanol–water partition coefficient (Wildman–Crippen LogP) is 1.23. The predicted molar refractivity (Wildman–Crippen MR) is 64.2 cm³/mol. The number of carbonyl (C=O) groups is 1. The highest BCUT2D eigenvalue weighted by Gasteiger charge is 2.26. The molecule has 0 spiro atoms. The van der Waals surface area contributed by atoms with Crippen LogP contribution >= 0.6 is 0 Å². The Bertz CT molecular complexity index is 394. The molecule has 0 aliphatic carbocycles. The van der Waals surface area contributed by atoms with Gasteiger partial charge in [0, 0.05) is 13.5 Å². The first kappa shape index (κ1) is 11.1. The van der Waals surface area contributed by atoms with Gasteiger partial charge in [-0.2, -0.15) is 0 Å². The molecule has 0 aromatic heterocycles. The van der Waals surface area contributed by atoms with E-state index in [0.717, 1.165) is 6.42 Å². The molecule has 2 rings (SSSR count). The van der Waals surface area contributed by atoms with Crippen molar-refractivity contribution in [2.24, 2.45) is 0 Å². The zero-order chi connectivity index (χ0) is 11.7. The lowest BCUT2D eigenvalue weighted by Gasteiger charge is -2.19. The van der Waals surface area contributed by atoms with Crippen LogP contribution in [0.3, 0.4) is 0 Å². The van der Waals surface area contributed by atoms with E-state index < -0.39 is 0 Å². The molecule has 86 valence electrons. The normalized spacial score (nSPS) is 20.6. The molecule has 0 unspecified atom stereocenters. The highest BCUT2D eigenvalue weighted by molar-refractivity contribution is 5.80. The fourth-order valence-corrected chi connectivity index (χ4v) is 2.26. The molecule has 1 aliphatic heterocycles. The molecular weight excluding hydrogens is 200 g/mol. The van der Waals surface area contributed by atoms with Crippen molar-refractivity contribution >= 4 is 5.91 Å². The maximum atomic E-state index is 11.4. The Hall–Kier alpha value is -1.35. The fourth-order valence-electron chi connectivity index (χ4n) is 2.26. The summed E-state index contributed by atoms with van der Waals surface area (Å²) in [5, 5.41) is 3.22. The van der Waals surface area contributed by atoms with Crippen LogP contribution in [0.15, 0.2) is 18.2 Å². The second-order valence-electron chi connectivity index (χ2n) is 4.60. The van der Waals surface area contributed by atoms with Gasteiger partial charge in [0.2, 0.25) is 5.91 Å². The van der Waals surface area contributed by atoms with Crippen LogP contribution in [0.5, 0.6) is 0 Å². The smallest absolute Gasteiger partial charge is 0.237 e. The minimum Gasteiger partial charge on any atom is -0.329 e. The number of rotatable bonds is 2. The van der Waals surface area contributed by atoms with Crippen molar-refractivity contribution in [3.8, 4) is 0 Å². The minimum atomic E-state index is 0.147. The van der Waals surface area contributed by atoms with E-state index in [2.05, 4.69) is 37.4 Å². The molecular formula is C13H18N2O. The van der Waals surface area contributed by atoms with Crippen molar-refractivity contribution in [1.82, 2.24) is 10.2 Å². The molecule has 1 amide bonds. The first-order valence-corrected chi connectivity index (χ1v) is 5.62. The first-order valence-electron chi connectivity index (χ1n) is 5.62. The van der Waals surface area contributed by atoms with Crippen LogP contribution < -0.4 is 5.32 Å². The molecule has 1 heterocycles. The van der Waals surface area contributed by atoms with Gasteiger partial charge in [0.1, 0.15) is 0 Å². The Labute approximate surface area is 96.5 Å². The summed E-state index contributed by atoms with van der Waals surface area (Å²) in [7, 11) is 1.86. The Balaban J connectivity index is 2.12. The standard InChI is InChI=1S/C13H18N2O/c1-9-4-10(2)6-11(5-9)7-12-14-8-13(16)15(12)3/h4-6,12,14H,7-8H2,1-3H3/t12-/m1/s1. The van der Waals surface area contributed by atoms with Gasteiger partial charge in [-0.1, -0.05) is 29.3 Å². The van der Waals surface area contributed by atoms with E-state index in [1.807, 2.05) is 7.05 Å². The maximum absolute atomic E-state index is 11.4. The molecule has 1 fully saturated rings. The molecule has 1 aromatic rings. The number of aryl methyl sites for hydroxylation is 2. The van der Waals surface area contributed by atoms with E-state index in [4.69, 9.17) is 0 Å².